The fourth-order valence-corrected chi connectivity index (χ4v) is 16.8. The van der Waals surface area contributed by atoms with E-state index in [0.29, 0.717) is 81.0 Å². The first-order chi connectivity index (χ1) is 40.5. The number of nitrogens with zero attached hydrogens (tertiary/aromatic N) is 6. The Hall–Kier alpha value is -7.22. The molecule has 0 spiro atoms. The lowest BCUT2D eigenvalue weighted by molar-refractivity contribution is -0.134. The molecule has 8 heterocycles. The summed E-state index contributed by atoms with van der Waals surface area (Å²) in [4.78, 5) is 90.3. The van der Waals surface area contributed by atoms with Crippen molar-refractivity contribution in [3.05, 3.63) is 141 Å². The highest BCUT2D eigenvalue weighted by Crippen LogP contribution is 2.59. The molecule has 4 atom stereocenters. The number of rotatable bonds is 8. The molecule has 14 rings (SSSR count). The fraction of sp³-hybridized carbons (Fsp3) is 0.507. The average molecular weight is 1120 g/mol. The van der Waals surface area contributed by atoms with Crippen LogP contribution in [0, 0.1) is 11.8 Å². The smallest absolute Gasteiger partial charge is 0.337 e. The monoisotopic (exact) mass is 1120 g/mol. The van der Waals surface area contributed by atoms with E-state index in [1.807, 2.05) is 49.9 Å². The van der Waals surface area contributed by atoms with E-state index in [4.69, 9.17) is 4.74 Å². The second-order valence-corrected chi connectivity index (χ2v) is 25.4. The number of likely N-dealkylation sites (tertiary alicyclic amines) is 4. The third-order valence-corrected chi connectivity index (χ3v) is 20.9. The molecule has 10 aliphatic rings. The molecule has 14 heteroatoms. The maximum Gasteiger partial charge on any atom is 0.337 e. The first-order valence-electron chi connectivity index (χ1n) is 31.4. The zero-order valence-electron chi connectivity index (χ0n) is 48.2. The summed E-state index contributed by atoms with van der Waals surface area (Å²) in [6.45, 7) is 5.30. The number of piperidine rings is 2. The van der Waals surface area contributed by atoms with Gasteiger partial charge in [-0.15, -0.1) is 0 Å². The van der Waals surface area contributed by atoms with E-state index in [-0.39, 0.29) is 59.7 Å². The Morgan fingerprint density at radius 3 is 1.30 bits per heavy atom. The first-order valence-corrected chi connectivity index (χ1v) is 31.4. The lowest BCUT2D eigenvalue weighted by Gasteiger charge is -2.38. The zero-order valence-corrected chi connectivity index (χ0v) is 48.2. The van der Waals surface area contributed by atoms with Crippen molar-refractivity contribution in [3.8, 4) is 0 Å². The molecule has 0 bridgehead atoms. The van der Waals surface area contributed by atoms with Crippen LogP contribution in [0.25, 0.3) is 12.2 Å². The van der Waals surface area contributed by atoms with Crippen LogP contribution >= 0.6 is 0 Å². The van der Waals surface area contributed by atoms with Crippen LogP contribution in [0.1, 0.15) is 194 Å². The van der Waals surface area contributed by atoms with Crippen molar-refractivity contribution in [1.82, 2.24) is 19.6 Å². The molecule has 83 heavy (non-hydrogen) atoms. The molecule has 4 saturated heterocycles. The molecule has 14 nitrogen and oxygen atoms in total. The van der Waals surface area contributed by atoms with E-state index >= 15 is 0 Å². The summed E-state index contributed by atoms with van der Waals surface area (Å²) in [5.41, 5.74) is 11.6. The number of benzene rings is 4. The summed E-state index contributed by atoms with van der Waals surface area (Å²) >= 11 is 0. The van der Waals surface area contributed by atoms with Gasteiger partial charge in [0, 0.05) is 112 Å². The number of hydrogen-bond acceptors (Lipinski definition) is 9. The number of carbonyl (C=O) groups is 6. The highest BCUT2D eigenvalue weighted by Gasteiger charge is 2.49. The van der Waals surface area contributed by atoms with E-state index in [2.05, 4.69) is 70.5 Å². The average Bonchev–Trinajstić information content (AvgIpc) is 4.20. The first kappa shape index (κ1) is 55.0. The molecular formula is C69H80N6O8. The van der Waals surface area contributed by atoms with Crippen molar-refractivity contribution in [1.29, 1.82) is 0 Å². The molecule has 434 valence electrons. The van der Waals surface area contributed by atoms with Crippen LogP contribution in [0.15, 0.2) is 96.1 Å². The van der Waals surface area contributed by atoms with Crippen LogP contribution in [-0.4, -0.2) is 132 Å². The number of ether oxygens (including phenoxy) is 1. The van der Waals surface area contributed by atoms with Gasteiger partial charge in [-0.3, -0.25) is 19.2 Å². The van der Waals surface area contributed by atoms with Gasteiger partial charge in [0.25, 0.3) is 11.8 Å². The van der Waals surface area contributed by atoms with Gasteiger partial charge in [-0.05, 0) is 146 Å². The Morgan fingerprint density at radius 2 is 0.892 bits per heavy atom. The Morgan fingerprint density at radius 1 is 0.470 bits per heavy atom. The third-order valence-electron chi connectivity index (χ3n) is 20.9. The predicted octanol–water partition coefficient (Wildman–Crippen LogP) is 11.3. The quantitative estimate of drug-likeness (QED) is 0.169. The van der Waals surface area contributed by atoms with Crippen molar-refractivity contribution in [2.45, 2.75) is 152 Å². The molecule has 4 aromatic rings. The zero-order chi connectivity index (χ0) is 56.9. The van der Waals surface area contributed by atoms with E-state index in [1.54, 1.807) is 6.07 Å². The van der Waals surface area contributed by atoms with Crippen LogP contribution in [0.2, 0.25) is 0 Å². The highest BCUT2D eigenvalue weighted by molar-refractivity contribution is 6.01. The van der Waals surface area contributed by atoms with Crippen LogP contribution in [0.4, 0.5) is 11.4 Å². The SMILES string of the molecule is COC(=O)c1ccc2c(c1)N1CC(C(=O)N3CCC(N4CCCC4=O)CC3)=Cc3ccccc3C1C2C1CCCCC1.O=C(O)c1ccc2c(c1)N1CC(C(=O)N3CCC(N4CCCC4=O)CC3)=Cc3ccccc3C1C2C1CCCCC1. The summed E-state index contributed by atoms with van der Waals surface area (Å²) in [7, 11) is 1.42. The Labute approximate surface area is 488 Å². The van der Waals surface area contributed by atoms with Gasteiger partial charge in [0.2, 0.25) is 11.8 Å². The van der Waals surface area contributed by atoms with Crippen LogP contribution in [0.5, 0.6) is 0 Å². The second kappa shape index (κ2) is 23.4. The summed E-state index contributed by atoms with van der Waals surface area (Å²) in [5.74, 6) is 1.08. The van der Waals surface area contributed by atoms with Gasteiger partial charge in [-0.2, -0.15) is 0 Å². The summed E-state index contributed by atoms with van der Waals surface area (Å²) in [6.07, 6.45) is 23.1. The van der Waals surface area contributed by atoms with Crippen LogP contribution in [0.3, 0.4) is 0 Å². The van der Waals surface area contributed by atoms with Gasteiger partial charge in [-0.25, -0.2) is 9.59 Å². The molecule has 0 radical (unpaired) electrons. The molecule has 4 amide bonds. The molecule has 4 aromatic carbocycles. The van der Waals surface area contributed by atoms with E-state index in [1.165, 1.54) is 93.6 Å². The molecule has 0 aromatic heterocycles. The van der Waals surface area contributed by atoms with Gasteiger partial charge in [0.15, 0.2) is 0 Å². The standard InChI is InChI=1S/C35H41N3O4.C34H39N3O4/c1-42-35(41)25-13-14-29-30(21-25)38-22-26(34(40)36-18-15-27(16-19-36)37-17-7-12-31(37)39)20-24-10-5-6-11-28(24)33(38)32(29)23-8-3-2-4-9-23;38-30-11-6-16-36(30)26-14-17-35(18-15-26)33(39)25-19-23-9-4-5-10-27(23)32-31(22-7-2-1-3-8-22)28-13-12-24(34(40)41)20-29(28)37(32)21-25/h5-6,10-11,13-14,20-21,23,27,32-33H,2-4,7-9,12,15-19,22H2,1H3;4-5,9-10,12-13,19-20,22,26,31-32H,1-3,6-8,11,14-18,21H2,(H,40,41). The Kier molecular flexibility index (Phi) is 15.5. The number of methoxy groups -OCH3 is 1. The van der Waals surface area contributed by atoms with E-state index in [0.717, 1.165) is 85.3 Å². The topological polar surface area (TPSA) is 151 Å². The van der Waals surface area contributed by atoms with Gasteiger partial charge in [0.1, 0.15) is 0 Å². The minimum atomic E-state index is -0.924. The van der Waals surface area contributed by atoms with Crippen molar-refractivity contribution < 1.29 is 38.6 Å². The van der Waals surface area contributed by atoms with E-state index in [9.17, 15) is 33.9 Å². The highest BCUT2D eigenvalue weighted by atomic mass is 16.5. The number of anilines is 2. The van der Waals surface area contributed by atoms with Gasteiger partial charge in [-0.1, -0.05) is 99.2 Å². The number of esters is 1. The fourth-order valence-electron chi connectivity index (χ4n) is 16.8. The number of fused-ring (bicyclic) bond motifs is 10. The predicted molar refractivity (Wildman–Crippen MR) is 320 cm³/mol. The van der Waals surface area contributed by atoms with Crippen molar-refractivity contribution in [2.24, 2.45) is 11.8 Å². The van der Waals surface area contributed by atoms with Gasteiger partial charge in [0.05, 0.1) is 30.3 Å². The van der Waals surface area contributed by atoms with Crippen molar-refractivity contribution in [3.63, 3.8) is 0 Å². The minimum absolute atomic E-state index is 0.0590. The maximum atomic E-state index is 14.2. The molecular weight excluding hydrogens is 1040 g/mol. The lowest BCUT2D eigenvalue weighted by atomic mass is 9.73. The summed E-state index contributed by atoms with van der Waals surface area (Å²) in [5, 5.41) is 9.85. The number of aromatic carboxylic acids is 1. The maximum absolute atomic E-state index is 14.2. The molecule has 2 saturated carbocycles. The molecule has 1 N–H and O–H groups in total. The summed E-state index contributed by atoms with van der Waals surface area (Å²) < 4.78 is 5.09. The molecule has 4 unspecified atom stereocenters. The minimum Gasteiger partial charge on any atom is -0.478 e. The second-order valence-electron chi connectivity index (χ2n) is 25.4. The number of carboxylic acid groups (broad SMARTS) is 1. The van der Waals surface area contributed by atoms with Crippen LogP contribution in [-0.2, 0) is 23.9 Å². The number of hydrogen-bond donors (Lipinski definition) is 1. The van der Waals surface area contributed by atoms with E-state index < -0.39 is 5.97 Å². The molecule has 2 aliphatic carbocycles. The number of carboxylic acids is 1. The normalized spacial score (nSPS) is 24.7. The number of carbonyl (C=O) groups excluding carboxylic acids is 5. The Bertz CT molecular complexity index is 3250. The number of amides is 4. The van der Waals surface area contributed by atoms with Crippen LogP contribution < -0.4 is 9.80 Å². The Balaban J connectivity index is 0.000000155. The van der Waals surface area contributed by atoms with Crippen molar-refractivity contribution in [2.75, 3.05) is 69.3 Å². The van der Waals surface area contributed by atoms with Gasteiger partial charge < -0.3 is 39.2 Å². The summed E-state index contributed by atoms with van der Waals surface area (Å²) in [6, 6.07) is 29.4. The third kappa shape index (κ3) is 10.4. The van der Waals surface area contributed by atoms with Gasteiger partial charge >= 0.3 is 11.9 Å². The molecule has 8 aliphatic heterocycles. The molecule has 6 fully saturated rings. The van der Waals surface area contributed by atoms with Crippen molar-refractivity contribution >= 4 is 59.1 Å². The largest absolute Gasteiger partial charge is 0.478 e. The lowest BCUT2D eigenvalue weighted by Crippen LogP contribution is -2.48.